The number of rotatable bonds is 4. The van der Waals surface area contributed by atoms with Crippen molar-refractivity contribution in [3.63, 3.8) is 0 Å². The molecule has 170 valence electrons. The molecule has 0 saturated carbocycles. The van der Waals surface area contributed by atoms with Crippen LogP contribution in [0.25, 0.3) is 11.0 Å². The Balaban J connectivity index is 1.51. The number of imidazole rings is 1. The van der Waals surface area contributed by atoms with Gasteiger partial charge < -0.3 is 9.88 Å². The van der Waals surface area contributed by atoms with Crippen LogP contribution in [0.3, 0.4) is 0 Å². The van der Waals surface area contributed by atoms with Crippen LogP contribution in [0.5, 0.6) is 0 Å². The standard InChI is InChI=1S/C24H21N7O3/c1-29-18-11-10-15(31(33)34)13-17(18)25-23(29)22-21-16(8-5-9-19(21)32)26-24-27-20(28-30(22)24)12-14-6-3-2-4-7-14/h2-4,6-7,10-11,13,22H,5,8-9,12H2,1H3,(H,26,27,28)/t22-/m1/s1. The topological polar surface area (TPSA) is 121 Å². The molecule has 0 saturated heterocycles. The van der Waals surface area contributed by atoms with Gasteiger partial charge in [-0.3, -0.25) is 14.9 Å². The van der Waals surface area contributed by atoms with Crippen LogP contribution in [-0.4, -0.2) is 35.0 Å². The third-order valence-corrected chi connectivity index (χ3v) is 6.47. The molecule has 1 atom stereocenters. The van der Waals surface area contributed by atoms with Gasteiger partial charge in [0.2, 0.25) is 5.95 Å². The molecule has 2 aliphatic rings. The maximum absolute atomic E-state index is 13.1. The zero-order chi connectivity index (χ0) is 23.4. The molecule has 2 aromatic heterocycles. The van der Waals surface area contributed by atoms with Crippen LogP contribution in [-0.2, 0) is 18.3 Å². The van der Waals surface area contributed by atoms with Crippen molar-refractivity contribution >= 4 is 28.5 Å². The lowest BCUT2D eigenvalue weighted by atomic mass is 9.88. The Labute approximate surface area is 194 Å². The number of non-ortho nitro benzene ring substituents is 1. The van der Waals surface area contributed by atoms with Gasteiger partial charge in [-0.15, -0.1) is 0 Å². The van der Waals surface area contributed by atoms with Gasteiger partial charge in [-0.05, 0) is 24.5 Å². The average molecular weight is 455 g/mol. The van der Waals surface area contributed by atoms with E-state index in [1.165, 1.54) is 12.1 Å². The number of aromatic nitrogens is 5. The SMILES string of the molecule is Cn1c([C@H]2C3=C(CCCC3=O)Nc3nc(Cc4ccccc4)nn32)nc2cc([N+](=O)[O-])ccc21. The van der Waals surface area contributed by atoms with Crippen LogP contribution in [0.2, 0.25) is 0 Å². The normalized spacial score (nSPS) is 17.4. The number of hydrogen-bond acceptors (Lipinski definition) is 7. The van der Waals surface area contributed by atoms with Gasteiger partial charge in [0.1, 0.15) is 11.9 Å². The summed E-state index contributed by atoms with van der Waals surface area (Å²) in [5.74, 6) is 1.86. The number of carbonyl (C=O) groups excluding carboxylic acids is 1. The van der Waals surface area contributed by atoms with E-state index in [0.717, 1.165) is 29.6 Å². The second kappa shape index (κ2) is 7.62. The van der Waals surface area contributed by atoms with Crippen LogP contribution in [0.15, 0.2) is 59.8 Å². The summed E-state index contributed by atoms with van der Waals surface area (Å²) in [6.07, 6.45) is 2.54. The summed E-state index contributed by atoms with van der Waals surface area (Å²) in [5.41, 5.74) is 3.80. The van der Waals surface area contributed by atoms with Crippen LogP contribution in [0.1, 0.15) is 42.5 Å². The molecule has 2 aromatic carbocycles. The minimum atomic E-state index is -0.562. The Kier molecular flexibility index (Phi) is 4.54. The third-order valence-electron chi connectivity index (χ3n) is 6.47. The number of hydrogen-bond donors (Lipinski definition) is 1. The van der Waals surface area contributed by atoms with E-state index in [4.69, 9.17) is 15.1 Å². The highest BCUT2D eigenvalue weighted by molar-refractivity contribution is 5.99. The predicted octanol–water partition coefficient (Wildman–Crippen LogP) is 3.69. The maximum Gasteiger partial charge on any atom is 0.271 e. The molecule has 6 rings (SSSR count). The molecule has 0 fully saturated rings. The predicted molar refractivity (Wildman–Crippen MR) is 124 cm³/mol. The van der Waals surface area contributed by atoms with Crippen molar-refractivity contribution in [2.75, 3.05) is 5.32 Å². The van der Waals surface area contributed by atoms with Gasteiger partial charge in [-0.1, -0.05) is 30.3 Å². The van der Waals surface area contributed by atoms with Crippen molar-refractivity contribution < 1.29 is 9.72 Å². The number of anilines is 1. The number of fused-ring (bicyclic) bond motifs is 2. The van der Waals surface area contributed by atoms with Crippen molar-refractivity contribution in [2.24, 2.45) is 7.05 Å². The van der Waals surface area contributed by atoms with Gasteiger partial charge in [0.25, 0.3) is 5.69 Å². The maximum atomic E-state index is 13.1. The van der Waals surface area contributed by atoms with E-state index >= 15 is 0 Å². The number of nitro benzene ring substituents is 1. The Bertz CT molecular complexity index is 1500. The molecule has 0 bridgehead atoms. The molecule has 1 aliphatic carbocycles. The molecule has 0 unspecified atom stereocenters. The first-order chi connectivity index (χ1) is 16.5. The fourth-order valence-electron chi connectivity index (χ4n) is 4.86. The number of benzene rings is 2. The Hall–Kier alpha value is -4.34. The van der Waals surface area contributed by atoms with E-state index < -0.39 is 11.0 Å². The number of carbonyl (C=O) groups is 1. The summed E-state index contributed by atoms with van der Waals surface area (Å²) in [7, 11) is 1.85. The molecule has 0 radical (unpaired) electrons. The molecule has 1 aliphatic heterocycles. The van der Waals surface area contributed by atoms with E-state index in [1.54, 1.807) is 10.7 Å². The van der Waals surface area contributed by atoms with Crippen molar-refractivity contribution in [3.05, 3.63) is 87.1 Å². The molecule has 4 aromatic rings. The number of nitrogens with zero attached hydrogens (tertiary/aromatic N) is 6. The Morgan fingerprint density at radius 3 is 2.76 bits per heavy atom. The molecule has 10 nitrogen and oxygen atoms in total. The number of allylic oxidation sites excluding steroid dienone is 2. The summed E-state index contributed by atoms with van der Waals surface area (Å²) in [5, 5.41) is 19.4. The molecule has 3 heterocycles. The Morgan fingerprint density at radius 2 is 1.97 bits per heavy atom. The number of Topliss-reactive ketones (excluding diaryl/α,β-unsaturated/α-hetero) is 1. The summed E-state index contributed by atoms with van der Waals surface area (Å²) in [4.78, 5) is 33.4. The van der Waals surface area contributed by atoms with Crippen LogP contribution >= 0.6 is 0 Å². The number of nitrogens with one attached hydrogen (secondary N) is 1. The van der Waals surface area contributed by atoms with E-state index in [9.17, 15) is 14.9 Å². The summed E-state index contributed by atoms with van der Waals surface area (Å²) in [6, 6.07) is 14.0. The number of aryl methyl sites for hydroxylation is 1. The van der Waals surface area contributed by atoms with E-state index in [1.807, 2.05) is 41.9 Å². The third kappa shape index (κ3) is 3.18. The lowest BCUT2D eigenvalue weighted by molar-refractivity contribution is -0.384. The first-order valence-electron chi connectivity index (χ1n) is 11.1. The van der Waals surface area contributed by atoms with Gasteiger partial charge in [-0.2, -0.15) is 10.1 Å². The summed E-state index contributed by atoms with van der Waals surface area (Å²) in [6.45, 7) is 0. The molecule has 0 amide bonds. The highest BCUT2D eigenvalue weighted by Crippen LogP contribution is 2.40. The van der Waals surface area contributed by atoms with Crippen molar-refractivity contribution in [1.29, 1.82) is 0 Å². The minimum absolute atomic E-state index is 0.0253. The van der Waals surface area contributed by atoms with E-state index in [-0.39, 0.29) is 11.5 Å². The number of nitro groups is 1. The number of ketones is 1. The van der Waals surface area contributed by atoms with Gasteiger partial charge >= 0.3 is 0 Å². The molecular formula is C24H21N7O3. The Morgan fingerprint density at radius 1 is 1.15 bits per heavy atom. The van der Waals surface area contributed by atoms with Gasteiger partial charge in [0.05, 0.1) is 16.0 Å². The van der Waals surface area contributed by atoms with E-state index in [0.29, 0.717) is 41.5 Å². The van der Waals surface area contributed by atoms with Crippen molar-refractivity contribution in [1.82, 2.24) is 24.3 Å². The fourth-order valence-corrected chi connectivity index (χ4v) is 4.86. The van der Waals surface area contributed by atoms with Gasteiger partial charge in [0, 0.05) is 43.3 Å². The largest absolute Gasteiger partial charge is 0.329 e. The van der Waals surface area contributed by atoms with Crippen LogP contribution in [0, 0.1) is 10.1 Å². The molecular weight excluding hydrogens is 434 g/mol. The highest BCUT2D eigenvalue weighted by Gasteiger charge is 2.39. The van der Waals surface area contributed by atoms with Crippen LogP contribution < -0.4 is 5.32 Å². The highest BCUT2D eigenvalue weighted by atomic mass is 16.6. The second-order valence-corrected chi connectivity index (χ2v) is 8.61. The molecule has 10 heteroatoms. The zero-order valence-corrected chi connectivity index (χ0v) is 18.4. The second-order valence-electron chi connectivity index (χ2n) is 8.61. The first-order valence-corrected chi connectivity index (χ1v) is 11.1. The smallest absolute Gasteiger partial charge is 0.271 e. The monoisotopic (exact) mass is 455 g/mol. The first kappa shape index (κ1) is 20.3. The zero-order valence-electron chi connectivity index (χ0n) is 18.4. The fraction of sp³-hybridized carbons (Fsp3) is 0.250. The lowest BCUT2D eigenvalue weighted by Crippen LogP contribution is -2.33. The van der Waals surface area contributed by atoms with Gasteiger partial charge in [-0.25, -0.2) is 9.67 Å². The van der Waals surface area contributed by atoms with Crippen molar-refractivity contribution in [3.8, 4) is 0 Å². The minimum Gasteiger partial charge on any atom is -0.329 e. The van der Waals surface area contributed by atoms with Crippen LogP contribution in [0.4, 0.5) is 11.6 Å². The van der Waals surface area contributed by atoms with Crippen molar-refractivity contribution in [2.45, 2.75) is 31.7 Å². The molecule has 34 heavy (non-hydrogen) atoms. The summed E-state index contributed by atoms with van der Waals surface area (Å²) < 4.78 is 3.61. The molecule has 0 spiro atoms. The average Bonchev–Trinajstić information content (AvgIpc) is 3.38. The lowest BCUT2D eigenvalue weighted by Gasteiger charge is -2.31. The quantitative estimate of drug-likeness (QED) is 0.368. The van der Waals surface area contributed by atoms with E-state index in [2.05, 4.69) is 5.32 Å². The molecule has 1 N–H and O–H groups in total. The summed E-state index contributed by atoms with van der Waals surface area (Å²) >= 11 is 0. The van der Waals surface area contributed by atoms with Gasteiger partial charge in [0.15, 0.2) is 11.6 Å².